The van der Waals surface area contributed by atoms with Crippen molar-refractivity contribution >= 4 is 12.4 Å². The Morgan fingerprint density at radius 3 is 2.53 bits per heavy atom. The standard InChI is InChI=1S/C11H13BF3O2/c13-12(14,15)10-3-1-2-4-11(10)17-8-16-7-9-5-6-9/h1-4,9H,5-8H2/q-1. The molecule has 0 unspecified atom stereocenters. The Balaban J connectivity index is 1.89. The van der Waals surface area contributed by atoms with Crippen molar-refractivity contribution in [2.24, 2.45) is 5.92 Å². The smallest absolute Gasteiger partial charge is 0.471 e. The normalized spacial score (nSPS) is 15.9. The van der Waals surface area contributed by atoms with Gasteiger partial charge in [0.05, 0.1) is 12.4 Å². The second kappa shape index (κ2) is 5.00. The summed E-state index contributed by atoms with van der Waals surface area (Å²) < 4.78 is 48.1. The summed E-state index contributed by atoms with van der Waals surface area (Å²) in [4.78, 5) is 0. The van der Waals surface area contributed by atoms with Crippen LogP contribution in [0.1, 0.15) is 12.8 Å². The third kappa shape index (κ3) is 3.66. The molecule has 0 bridgehead atoms. The average molecular weight is 245 g/mol. The molecule has 17 heavy (non-hydrogen) atoms. The molecule has 1 saturated carbocycles. The molecule has 0 spiro atoms. The predicted octanol–water partition coefficient (Wildman–Crippen LogP) is 2.50. The fraction of sp³-hybridized carbons (Fsp3) is 0.455. The van der Waals surface area contributed by atoms with Crippen LogP contribution < -0.4 is 10.2 Å². The van der Waals surface area contributed by atoms with Crippen molar-refractivity contribution in [3.05, 3.63) is 24.3 Å². The Morgan fingerprint density at radius 2 is 1.88 bits per heavy atom. The molecule has 0 amide bonds. The summed E-state index contributed by atoms with van der Waals surface area (Å²) >= 11 is 0. The maximum atomic E-state index is 12.6. The van der Waals surface area contributed by atoms with Gasteiger partial charge in [0, 0.05) is 0 Å². The van der Waals surface area contributed by atoms with Gasteiger partial charge in [-0.2, -0.15) is 0 Å². The van der Waals surface area contributed by atoms with E-state index >= 15 is 0 Å². The van der Waals surface area contributed by atoms with E-state index in [2.05, 4.69) is 0 Å². The minimum absolute atomic E-state index is 0.125. The molecule has 6 heteroatoms. The van der Waals surface area contributed by atoms with Crippen molar-refractivity contribution in [3.8, 4) is 5.75 Å². The third-order valence-electron chi connectivity index (χ3n) is 2.62. The van der Waals surface area contributed by atoms with Crippen molar-refractivity contribution in [1.82, 2.24) is 0 Å². The molecule has 0 aliphatic heterocycles. The highest BCUT2D eigenvalue weighted by Crippen LogP contribution is 2.28. The quantitative estimate of drug-likeness (QED) is 0.435. The zero-order chi connectivity index (χ0) is 12.3. The van der Waals surface area contributed by atoms with Crippen molar-refractivity contribution in [3.63, 3.8) is 0 Å². The number of hydrogen-bond donors (Lipinski definition) is 0. The molecule has 2 nitrogen and oxygen atoms in total. The number of benzene rings is 1. The van der Waals surface area contributed by atoms with Crippen molar-refractivity contribution in [1.29, 1.82) is 0 Å². The molecule has 0 heterocycles. The SMILES string of the molecule is F[B-](F)(F)c1ccccc1OCOCC1CC1. The molecule has 0 radical (unpaired) electrons. The summed E-state index contributed by atoms with van der Waals surface area (Å²) in [7, 11) is 0. The van der Waals surface area contributed by atoms with Gasteiger partial charge in [0.1, 0.15) is 0 Å². The van der Waals surface area contributed by atoms with Crippen LogP contribution >= 0.6 is 0 Å². The molecule has 1 aliphatic carbocycles. The monoisotopic (exact) mass is 245 g/mol. The largest absolute Gasteiger partial charge is 0.513 e. The first-order valence-corrected chi connectivity index (χ1v) is 5.57. The van der Waals surface area contributed by atoms with E-state index in [0.29, 0.717) is 12.5 Å². The maximum absolute atomic E-state index is 12.6. The lowest BCUT2D eigenvalue weighted by Gasteiger charge is -2.19. The first-order valence-electron chi connectivity index (χ1n) is 5.57. The first kappa shape index (κ1) is 12.3. The zero-order valence-electron chi connectivity index (χ0n) is 9.24. The van der Waals surface area contributed by atoms with Crippen molar-refractivity contribution < 1.29 is 22.4 Å². The minimum Gasteiger partial charge on any atom is -0.471 e. The summed E-state index contributed by atoms with van der Waals surface area (Å²) in [6, 6.07) is 5.20. The van der Waals surface area contributed by atoms with Crippen LogP contribution in [0.4, 0.5) is 12.9 Å². The molecule has 0 saturated heterocycles. The molecule has 1 fully saturated rings. The van der Waals surface area contributed by atoms with Gasteiger partial charge in [-0.25, -0.2) is 0 Å². The number of halogens is 3. The summed E-state index contributed by atoms with van der Waals surface area (Å²) in [6.45, 7) is -4.60. The van der Waals surface area contributed by atoms with E-state index in [-0.39, 0.29) is 12.5 Å². The molecule has 94 valence electrons. The predicted molar refractivity (Wildman–Crippen MR) is 59.3 cm³/mol. The van der Waals surface area contributed by atoms with Crippen molar-refractivity contribution in [2.75, 3.05) is 13.4 Å². The second-order valence-corrected chi connectivity index (χ2v) is 4.19. The molecule has 0 aromatic heterocycles. The van der Waals surface area contributed by atoms with Crippen LogP contribution in [-0.4, -0.2) is 20.4 Å². The van der Waals surface area contributed by atoms with E-state index in [4.69, 9.17) is 9.47 Å². The minimum atomic E-state index is -5.04. The zero-order valence-corrected chi connectivity index (χ0v) is 9.24. The second-order valence-electron chi connectivity index (χ2n) is 4.19. The number of ether oxygens (including phenoxy) is 2. The Bertz CT molecular complexity index is 377. The highest BCUT2D eigenvalue weighted by atomic mass is 19.4. The Morgan fingerprint density at radius 1 is 1.18 bits per heavy atom. The van der Waals surface area contributed by atoms with E-state index in [1.54, 1.807) is 0 Å². The van der Waals surface area contributed by atoms with Gasteiger partial charge in [0.25, 0.3) is 0 Å². The van der Waals surface area contributed by atoms with E-state index in [1.807, 2.05) is 0 Å². The molecule has 0 atom stereocenters. The molecular weight excluding hydrogens is 232 g/mol. The van der Waals surface area contributed by atoms with Gasteiger partial charge in [0.2, 0.25) is 0 Å². The van der Waals surface area contributed by atoms with E-state index in [9.17, 15) is 12.9 Å². The van der Waals surface area contributed by atoms with Crippen LogP contribution in [0, 0.1) is 5.92 Å². The lowest BCUT2D eigenvalue weighted by atomic mass is 9.79. The summed E-state index contributed by atoms with van der Waals surface area (Å²) in [5.74, 6) is 0.413. The third-order valence-corrected chi connectivity index (χ3v) is 2.62. The van der Waals surface area contributed by atoms with Gasteiger partial charge in [-0.1, -0.05) is 23.7 Å². The summed E-state index contributed by atoms with van der Waals surface area (Å²) in [5, 5.41) is 0. The Kier molecular flexibility index (Phi) is 3.62. The highest BCUT2D eigenvalue weighted by Gasteiger charge is 2.29. The topological polar surface area (TPSA) is 18.5 Å². The van der Waals surface area contributed by atoms with Crippen LogP contribution in [0.25, 0.3) is 0 Å². The average Bonchev–Trinajstić information content (AvgIpc) is 3.07. The van der Waals surface area contributed by atoms with E-state index in [0.717, 1.165) is 18.9 Å². The van der Waals surface area contributed by atoms with Gasteiger partial charge in [-0.15, -0.1) is 0 Å². The molecule has 2 rings (SSSR count). The van der Waals surface area contributed by atoms with Gasteiger partial charge < -0.3 is 22.4 Å². The molecular formula is C11H13BF3O2-. The number of para-hydroxylation sites is 1. The van der Waals surface area contributed by atoms with Gasteiger partial charge in [-0.3, -0.25) is 0 Å². The summed E-state index contributed by atoms with van der Waals surface area (Å²) in [5.41, 5.74) is -0.706. The summed E-state index contributed by atoms with van der Waals surface area (Å²) in [6.07, 6.45) is 2.28. The molecule has 1 aliphatic rings. The number of hydrogen-bond acceptors (Lipinski definition) is 2. The fourth-order valence-corrected chi connectivity index (χ4v) is 1.49. The Labute approximate surface area is 97.8 Å². The van der Waals surface area contributed by atoms with Crippen LogP contribution in [0.3, 0.4) is 0 Å². The molecule has 1 aromatic rings. The van der Waals surface area contributed by atoms with Gasteiger partial charge >= 0.3 is 6.98 Å². The van der Waals surface area contributed by atoms with Gasteiger partial charge in [-0.05, 0) is 24.8 Å². The van der Waals surface area contributed by atoms with Gasteiger partial charge in [0.15, 0.2) is 6.79 Å². The molecule has 0 N–H and O–H groups in total. The van der Waals surface area contributed by atoms with Crippen LogP contribution in [0.15, 0.2) is 24.3 Å². The fourth-order valence-electron chi connectivity index (χ4n) is 1.49. The van der Waals surface area contributed by atoms with Crippen LogP contribution in [0.2, 0.25) is 0 Å². The van der Waals surface area contributed by atoms with E-state index < -0.39 is 12.4 Å². The lowest BCUT2D eigenvalue weighted by Crippen LogP contribution is -2.35. The highest BCUT2D eigenvalue weighted by molar-refractivity contribution is 6.74. The van der Waals surface area contributed by atoms with Crippen LogP contribution in [0.5, 0.6) is 5.75 Å². The van der Waals surface area contributed by atoms with Crippen molar-refractivity contribution in [2.45, 2.75) is 12.8 Å². The lowest BCUT2D eigenvalue weighted by molar-refractivity contribution is 0.0104. The Hall–Kier alpha value is -1.17. The van der Waals surface area contributed by atoms with E-state index in [1.165, 1.54) is 18.2 Å². The van der Waals surface area contributed by atoms with Crippen LogP contribution in [-0.2, 0) is 4.74 Å². The maximum Gasteiger partial charge on any atom is 0.513 e. The number of rotatable bonds is 6. The first-order chi connectivity index (χ1) is 8.07. The molecule has 1 aromatic carbocycles.